The van der Waals surface area contributed by atoms with Crippen molar-refractivity contribution in [1.29, 1.82) is 0 Å². The van der Waals surface area contributed by atoms with E-state index in [4.69, 9.17) is 17.2 Å². The van der Waals surface area contributed by atoms with Gasteiger partial charge in [0.2, 0.25) is 47.3 Å². The van der Waals surface area contributed by atoms with Crippen LogP contribution < -0.4 is 43.8 Å². The highest BCUT2D eigenvalue weighted by atomic mass is 32.2. The predicted molar refractivity (Wildman–Crippen MR) is 225 cm³/mol. The van der Waals surface area contributed by atoms with E-state index in [9.17, 15) is 38.4 Å². The Hall–Kier alpha value is -5.17. The monoisotopic (exact) mass is 842 g/mol. The Balaban J connectivity index is 2.05. The summed E-state index contributed by atoms with van der Waals surface area (Å²) in [6.45, 7) is 7.39. The first-order valence-electron chi connectivity index (χ1n) is 20.2. The summed E-state index contributed by atoms with van der Waals surface area (Å²) < 4.78 is 0. The first-order chi connectivity index (χ1) is 28.0. The summed E-state index contributed by atoms with van der Waals surface area (Å²) in [7, 11) is 1.38. The second kappa shape index (κ2) is 23.4. The summed E-state index contributed by atoms with van der Waals surface area (Å²) in [6, 6.07) is 0.267. The molecule has 8 atom stereocenters. The standard InChI is InChI=1S/C40H62N10O8S/c1-6-22(3)33-38(56)47-29(20-31(42)51)36(54)46-27(40(58)50(5)30(35(43)53)13-10-16-41)14-17-59-18-15-32(52)45-28(19-24-21-44-26-12-9-8-11-25(24)26)37(55)48-34(23(4)7-2)39(57)49-33/h8-9,11-12,21-23,27-30,33-34,44H,6-7,10,13-20,41H2,1-5H3,(H2,42,51)(H2,43,53)(H,45,52)(H,46,54)(H,47,56)(H,48,55)(H,49,57)/t22-,23-,27-,28+,29-,30-,33?,34-/m0/s1. The molecule has 0 spiro atoms. The van der Waals surface area contributed by atoms with Gasteiger partial charge in [-0.2, -0.15) is 11.8 Å². The zero-order valence-electron chi connectivity index (χ0n) is 34.6. The number of amides is 8. The van der Waals surface area contributed by atoms with Gasteiger partial charge in [-0.3, -0.25) is 38.4 Å². The fourth-order valence-electron chi connectivity index (χ4n) is 6.80. The molecule has 2 aromatic rings. The maximum Gasteiger partial charge on any atom is 0.245 e. The molecule has 0 bridgehead atoms. The Morgan fingerprint density at radius 1 is 0.831 bits per heavy atom. The highest BCUT2D eigenvalue weighted by Crippen LogP contribution is 2.21. The van der Waals surface area contributed by atoms with Crippen LogP contribution in [0.3, 0.4) is 0 Å². The lowest BCUT2D eigenvalue weighted by atomic mass is 9.94. The van der Waals surface area contributed by atoms with Gasteiger partial charge >= 0.3 is 0 Å². The van der Waals surface area contributed by atoms with Crippen molar-refractivity contribution < 1.29 is 38.4 Å². The van der Waals surface area contributed by atoms with Gasteiger partial charge in [-0.1, -0.05) is 58.7 Å². The number of aromatic amines is 1. The minimum atomic E-state index is -1.55. The minimum absolute atomic E-state index is 0.00533. The van der Waals surface area contributed by atoms with Crippen molar-refractivity contribution in [3.05, 3.63) is 36.0 Å². The number of para-hydroxylation sites is 1. The average molecular weight is 843 g/mol. The topological polar surface area (TPSA) is 294 Å². The lowest BCUT2D eigenvalue weighted by molar-refractivity contribution is -0.142. The fraction of sp³-hybridized carbons (Fsp3) is 0.600. The number of hydrogen-bond acceptors (Lipinski definition) is 10. The summed E-state index contributed by atoms with van der Waals surface area (Å²) in [5.74, 6) is -6.11. The summed E-state index contributed by atoms with van der Waals surface area (Å²) >= 11 is 1.31. The fourth-order valence-corrected chi connectivity index (χ4v) is 7.74. The zero-order valence-corrected chi connectivity index (χ0v) is 35.5. The van der Waals surface area contributed by atoms with E-state index in [0.29, 0.717) is 19.3 Å². The molecule has 8 amide bonds. The van der Waals surface area contributed by atoms with E-state index in [0.717, 1.165) is 21.4 Å². The van der Waals surface area contributed by atoms with Crippen LogP contribution in [-0.2, 0) is 44.8 Å². The number of benzene rings is 1. The number of nitrogens with two attached hydrogens (primary N) is 3. The van der Waals surface area contributed by atoms with Crippen LogP contribution in [0.2, 0.25) is 0 Å². The van der Waals surface area contributed by atoms with Crippen LogP contribution >= 0.6 is 11.8 Å². The van der Waals surface area contributed by atoms with Crippen molar-refractivity contribution in [3.63, 3.8) is 0 Å². The van der Waals surface area contributed by atoms with Crippen LogP contribution in [0.4, 0.5) is 0 Å². The van der Waals surface area contributed by atoms with Crippen molar-refractivity contribution in [3.8, 4) is 0 Å². The van der Waals surface area contributed by atoms with Crippen molar-refractivity contribution in [2.75, 3.05) is 25.1 Å². The van der Waals surface area contributed by atoms with Crippen molar-refractivity contribution in [1.82, 2.24) is 36.5 Å². The van der Waals surface area contributed by atoms with Crippen LogP contribution in [0.25, 0.3) is 10.9 Å². The number of carbonyl (C=O) groups is 8. The van der Waals surface area contributed by atoms with Gasteiger partial charge in [-0.05, 0) is 55.0 Å². The molecule has 1 fully saturated rings. The molecule has 1 aliphatic rings. The van der Waals surface area contributed by atoms with E-state index in [1.165, 1.54) is 18.8 Å². The van der Waals surface area contributed by atoms with E-state index in [1.807, 2.05) is 31.2 Å². The van der Waals surface area contributed by atoms with E-state index in [-0.39, 0.29) is 43.7 Å². The molecule has 0 radical (unpaired) electrons. The average Bonchev–Trinajstić information content (AvgIpc) is 3.61. The summed E-state index contributed by atoms with van der Waals surface area (Å²) in [5.41, 5.74) is 18.4. The Morgan fingerprint density at radius 3 is 2.05 bits per heavy atom. The Morgan fingerprint density at radius 2 is 1.44 bits per heavy atom. The predicted octanol–water partition coefficient (Wildman–Crippen LogP) is -0.320. The number of nitrogens with one attached hydrogen (secondary N) is 6. The van der Waals surface area contributed by atoms with Crippen LogP contribution in [0.15, 0.2) is 30.5 Å². The molecule has 1 aliphatic heterocycles. The quantitative estimate of drug-likeness (QED) is 0.119. The molecule has 1 saturated heterocycles. The number of thioether (sulfide) groups is 1. The molecule has 1 unspecified atom stereocenters. The Bertz CT molecular complexity index is 1810. The molecule has 59 heavy (non-hydrogen) atoms. The molecule has 0 aliphatic carbocycles. The molecular weight excluding hydrogens is 781 g/mol. The number of carbonyl (C=O) groups excluding carboxylic acids is 8. The highest BCUT2D eigenvalue weighted by molar-refractivity contribution is 7.99. The smallest absolute Gasteiger partial charge is 0.245 e. The van der Waals surface area contributed by atoms with Crippen molar-refractivity contribution >= 4 is 69.9 Å². The van der Waals surface area contributed by atoms with Crippen molar-refractivity contribution in [2.45, 2.75) is 115 Å². The number of fused-ring (bicyclic) bond motifs is 1. The van der Waals surface area contributed by atoms with Gasteiger partial charge in [-0.15, -0.1) is 0 Å². The molecule has 1 aromatic heterocycles. The summed E-state index contributed by atoms with van der Waals surface area (Å²) in [6.07, 6.45) is 2.72. The second-order valence-electron chi connectivity index (χ2n) is 15.2. The zero-order chi connectivity index (χ0) is 43.8. The van der Waals surface area contributed by atoms with E-state index in [2.05, 4.69) is 31.6 Å². The molecule has 12 N–H and O–H groups in total. The molecular formula is C40H62N10O8S. The van der Waals surface area contributed by atoms with E-state index < -0.39 is 102 Å². The second-order valence-corrected chi connectivity index (χ2v) is 16.4. The number of likely N-dealkylation sites (N-methyl/N-ethyl adjacent to an activating group) is 1. The maximum absolute atomic E-state index is 14.1. The lowest BCUT2D eigenvalue weighted by Crippen LogP contribution is -2.62. The third kappa shape index (κ3) is 14.0. The minimum Gasteiger partial charge on any atom is -0.370 e. The first kappa shape index (κ1) is 48.2. The van der Waals surface area contributed by atoms with E-state index in [1.54, 1.807) is 27.0 Å². The third-order valence-corrected chi connectivity index (χ3v) is 11.9. The summed E-state index contributed by atoms with van der Waals surface area (Å²) in [4.78, 5) is 112. The molecule has 19 heteroatoms. The molecule has 326 valence electrons. The van der Waals surface area contributed by atoms with Crippen LogP contribution in [0.1, 0.15) is 78.2 Å². The van der Waals surface area contributed by atoms with Gasteiger partial charge < -0.3 is 53.7 Å². The van der Waals surface area contributed by atoms with Gasteiger partial charge in [-0.25, -0.2) is 0 Å². The number of H-pyrrole nitrogens is 1. The number of rotatable bonds is 14. The molecule has 18 nitrogen and oxygen atoms in total. The third-order valence-electron chi connectivity index (χ3n) is 10.8. The van der Waals surface area contributed by atoms with Crippen LogP contribution in [0.5, 0.6) is 0 Å². The molecule has 3 rings (SSSR count). The Labute approximate surface area is 349 Å². The van der Waals surface area contributed by atoms with Gasteiger partial charge in [0, 0.05) is 42.7 Å². The summed E-state index contributed by atoms with van der Waals surface area (Å²) in [5, 5.41) is 14.5. The number of nitrogens with zero attached hydrogens (tertiary/aromatic N) is 1. The van der Waals surface area contributed by atoms with Crippen LogP contribution in [0, 0.1) is 11.8 Å². The van der Waals surface area contributed by atoms with Crippen molar-refractivity contribution in [2.24, 2.45) is 29.0 Å². The normalized spacial score (nSPS) is 23.4. The highest BCUT2D eigenvalue weighted by Gasteiger charge is 2.37. The largest absolute Gasteiger partial charge is 0.370 e. The number of primary amides is 2. The number of aromatic nitrogens is 1. The van der Waals surface area contributed by atoms with Gasteiger partial charge in [0.05, 0.1) is 6.42 Å². The Kier molecular flexibility index (Phi) is 19.1. The lowest BCUT2D eigenvalue weighted by Gasteiger charge is -2.32. The van der Waals surface area contributed by atoms with Gasteiger partial charge in [0.15, 0.2) is 0 Å². The van der Waals surface area contributed by atoms with E-state index >= 15 is 0 Å². The van der Waals surface area contributed by atoms with Crippen LogP contribution in [-0.4, -0.2) is 118 Å². The van der Waals surface area contributed by atoms with Gasteiger partial charge in [0.1, 0.15) is 36.3 Å². The molecule has 2 heterocycles. The SMILES string of the molecule is CC[C@H](C)C1NC(=O)[C@H]([C@@H](C)CC)NC(=O)[C@@H](Cc2c[nH]c3ccccc23)NC(=O)CCSCC[C@@H](C(=O)N(C)[C@@H](CCCN)C(N)=O)NC(=O)[C@H](CC(N)=O)NC1=O. The van der Waals surface area contributed by atoms with Gasteiger partial charge in [0.25, 0.3) is 0 Å². The maximum atomic E-state index is 14.1. The first-order valence-corrected chi connectivity index (χ1v) is 21.4. The molecule has 0 saturated carbocycles. The number of hydrogen-bond donors (Lipinski definition) is 9. The molecule has 1 aromatic carbocycles.